The van der Waals surface area contributed by atoms with Gasteiger partial charge in [0.1, 0.15) is 24.1 Å². The summed E-state index contributed by atoms with van der Waals surface area (Å²) in [6.45, 7) is 1.05. The number of unbranched alkanes of at least 4 members (excludes halogenated alkanes) is 1. The number of carbonyl (C=O) groups excluding carboxylic acids is 1. The topological polar surface area (TPSA) is 123 Å². The lowest BCUT2D eigenvalue weighted by molar-refractivity contribution is -0.142. The van der Waals surface area contributed by atoms with Crippen LogP contribution in [0.25, 0.3) is 0 Å². The number of hydrogen-bond donors (Lipinski definition) is 4. The Morgan fingerprint density at radius 3 is 1.80 bits per heavy atom. The molecule has 0 aliphatic heterocycles. The van der Waals surface area contributed by atoms with Crippen molar-refractivity contribution < 1.29 is 24.2 Å². The molecule has 0 heterocycles. The second kappa shape index (κ2) is 17.8. The van der Waals surface area contributed by atoms with Gasteiger partial charge < -0.3 is 25.6 Å². The number of carbonyl (C=O) groups is 2. The van der Waals surface area contributed by atoms with E-state index in [9.17, 15) is 14.7 Å². The van der Waals surface area contributed by atoms with Crippen molar-refractivity contribution >= 4 is 11.9 Å². The molecule has 0 aliphatic carbocycles. The normalized spacial score (nSPS) is 12.4. The summed E-state index contributed by atoms with van der Waals surface area (Å²) in [5.41, 5.74) is 10.7. The van der Waals surface area contributed by atoms with Crippen LogP contribution in [-0.4, -0.2) is 42.7 Å². The van der Waals surface area contributed by atoms with Gasteiger partial charge in [0.15, 0.2) is 0 Å². The Morgan fingerprint density at radius 1 is 0.700 bits per heavy atom. The van der Waals surface area contributed by atoms with Crippen molar-refractivity contribution in [3.63, 3.8) is 0 Å². The smallest absolute Gasteiger partial charge is 0.326 e. The highest BCUT2D eigenvalue weighted by Crippen LogP contribution is 2.37. The highest BCUT2D eigenvalue weighted by molar-refractivity contribution is 5.87. The summed E-state index contributed by atoms with van der Waals surface area (Å²) < 4.78 is 11.3. The van der Waals surface area contributed by atoms with Gasteiger partial charge in [-0.05, 0) is 84.3 Å². The Labute approximate surface area is 294 Å². The third-order valence-electron chi connectivity index (χ3n) is 8.83. The Balaban J connectivity index is 1.17. The molecule has 0 saturated heterocycles. The van der Waals surface area contributed by atoms with Gasteiger partial charge in [0.05, 0.1) is 18.7 Å². The van der Waals surface area contributed by atoms with Gasteiger partial charge in [0.2, 0.25) is 5.91 Å². The van der Waals surface area contributed by atoms with Crippen LogP contribution in [0.1, 0.15) is 47.1 Å². The van der Waals surface area contributed by atoms with E-state index in [1.54, 1.807) is 7.11 Å². The van der Waals surface area contributed by atoms with Gasteiger partial charge in [0.25, 0.3) is 0 Å². The Bertz CT molecular complexity index is 1730. The van der Waals surface area contributed by atoms with Gasteiger partial charge in [-0.3, -0.25) is 10.1 Å². The maximum atomic E-state index is 13.0. The molecule has 5 aromatic carbocycles. The van der Waals surface area contributed by atoms with E-state index in [1.165, 1.54) is 0 Å². The standard InChI is InChI=1S/C42H45N3O5/c1-49-36-26-22-35(23-27-36)42(33-15-7-3-8-16-33,34-17-9-4-10-18-34)44-28-12-11-19-39(41(47)48)45-40(46)38(43)29-31-20-24-37(25-21-31)50-30-32-13-5-2-6-14-32/h2-10,13-18,20-27,38-39,44H,11-12,19,28-30,43H2,1H3,(H,45,46)(H,47,48). The third kappa shape index (κ3) is 9.37. The first-order valence-electron chi connectivity index (χ1n) is 16.9. The van der Waals surface area contributed by atoms with Crippen molar-refractivity contribution in [3.05, 3.63) is 167 Å². The van der Waals surface area contributed by atoms with E-state index in [-0.39, 0.29) is 12.8 Å². The maximum absolute atomic E-state index is 13.0. The van der Waals surface area contributed by atoms with Crippen molar-refractivity contribution in [1.29, 1.82) is 0 Å². The molecular weight excluding hydrogens is 626 g/mol. The van der Waals surface area contributed by atoms with E-state index in [4.69, 9.17) is 15.2 Å². The number of carboxylic acid groups (broad SMARTS) is 1. The molecule has 0 spiro atoms. The molecule has 258 valence electrons. The molecule has 0 bridgehead atoms. The molecule has 1 amide bonds. The number of benzene rings is 5. The molecule has 8 nitrogen and oxygen atoms in total. The summed E-state index contributed by atoms with van der Waals surface area (Å²) >= 11 is 0. The van der Waals surface area contributed by atoms with Gasteiger partial charge in [0, 0.05) is 0 Å². The molecular formula is C42H45N3O5. The van der Waals surface area contributed by atoms with Gasteiger partial charge in [-0.2, -0.15) is 0 Å². The predicted octanol–water partition coefficient (Wildman–Crippen LogP) is 6.47. The number of hydrogen-bond acceptors (Lipinski definition) is 6. The maximum Gasteiger partial charge on any atom is 0.326 e. The molecule has 8 heteroatoms. The first-order chi connectivity index (χ1) is 24.4. The van der Waals surface area contributed by atoms with Crippen molar-refractivity contribution in [2.24, 2.45) is 5.73 Å². The second-order valence-electron chi connectivity index (χ2n) is 12.3. The van der Waals surface area contributed by atoms with Gasteiger partial charge in [-0.25, -0.2) is 4.79 Å². The van der Waals surface area contributed by atoms with Crippen LogP contribution in [0.3, 0.4) is 0 Å². The fourth-order valence-electron chi connectivity index (χ4n) is 6.12. The van der Waals surface area contributed by atoms with Crippen LogP contribution < -0.4 is 25.8 Å². The van der Waals surface area contributed by atoms with Crippen LogP contribution in [0.5, 0.6) is 11.5 Å². The van der Waals surface area contributed by atoms with Gasteiger partial charge >= 0.3 is 5.97 Å². The number of nitrogens with two attached hydrogens (primary N) is 1. The van der Waals surface area contributed by atoms with E-state index >= 15 is 0 Å². The lowest BCUT2D eigenvalue weighted by atomic mass is 9.77. The molecule has 0 fully saturated rings. The van der Waals surface area contributed by atoms with Crippen LogP contribution in [0.4, 0.5) is 0 Å². The summed E-state index contributed by atoms with van der Waals surface area (Å²) in [6, 6.07) is 44.0. The van der Waals surface area contributed by atoms with Crippen LogP contribution >= 0.6 is 0 Å². The molecule has 0 aliphatic rings. The predicted molar refractivity (Wildman–Crippen MR) is 196 cm³/mol. The Hall–Kier alpha value is -5.44. The lowest BCUT2D eigenvalue weighted by Gasteiger charge is -2.37. The van der Waals surface area contributed by atoms with E-state index < -0.39 is 29.5 Å². The number of ether oxygens (including phenoxy) is 2. The molecule has 5 rings (SSSR count). The number of nitrogens with one attached hydrogen (secondary N) is 2. The molecule has 2 atom stereocenters. The monoisotopic (exact) mass is 671 g/mol. The van der Waals surface area contributed by atoms with Gasteiger partial charge in [-0.1, -0.05) is 115 Å². The average molecular weight is 672 g/mol. The fraction of sp³-hybridized carbons (Fsp3) is 0.238. The first-order valence-corrected chi connectivity index (χ1v) is 16.9. The van der Waals surface area contributed by atoms with Crippen LogP contribution in [0, 0.1) is 0 Å². The van der Waals surface area contributed by atoms with Gasteiger partial charge in [-0.15, -0.1) is 0 Å². The van der Waals surface area contributed by atoms with Crippen molar-refractivity contribution in [3.8, 4) is 11.5 Å². The lowest BCUT2D eigenvalue weighted by Crippen LogP contribution is -2.49. The quantitative estimate of drug-likeness (QED) is 0.0623. The zero-order valence-electron chi connectivity index (χ0n) is 28.3. The Morgan fingerprint density at radius 2 is 1.24 bits per heavy atom. The van der Waals surface area contributed by atoms with Crippen LogP contribution in [-0.2, 0) is 28.2 Å². The van der Waals surface area contributed by atoms with E-state index in [1.807, 2.05) is 103 Å². The van der Waals surface area contributed by atoms with E-state index in [0.29, 0.717) is 31.7 Å². The minimum atomic E-state index is -1.08. The number of carboxylic acids is 1. The summed E-state index contributed by atoms with van der Waals surface area (Å²) in [4.78, 5) is 25.1. The zero-order valence-corrected chi connectivity index (χ0v) is 28.3. The molecule has 0 saturated carbocycles. The third-order valence-corrected chi connectivity index (χ3v) is 8.83. The molecule has 0 radical (unpaired) electrons. The Kier molecular flexibility index (Phi) is 12.8. The number of methoxy groups -OCH3 is 1. The molecule has 2 unspecified atom stereocenters. The number of amides is 1. The molecule has 5 aromatic rings. The summed E-state index contributed by atoms with van der Waals surface area (Å²) in [5, 5.41) is 16.4. The van der Waals surface area contributed by atoms with Crippen molar-refractivity contribution in [1.82, 2.24) is 10.6 Å². The SMILES string of the molecule is COc1ccc(C(NCCCCC(NC(=O)C(N)Cc2ccc(OCc3ccccc3)cc2)C(=O)O)(c2ccccc2)c2ccccc2)cc1. The van der Waals surface area contributed by atoms with Crippen molar-refractivity contribution in [2.45, 2.75) is 49.9 Å². The summed E-state index contributed by atoms with van der Waals surface area (Å²) in [5.74, 6) is -0.0942. The highest BCUT2D eigenvalue weighted by atomic mass is 16.5. The molecule has 5 N–H and O–H groups in total. The minimum absolute atomic E-state index is 0.271. The fourth-order valence-corrected chi connectivity index (χ4v) is 6.12. The van der Waals surface area contributed by atoms with E-state index in [2.05, 4.69) is 47.0 Å². The summed E-state index contributed by atoms with van der Waals surface area (Å²) in [7, 11) is 1.65. The van der Waals surface area contributed by atoms with E-state index in [0.717, 1.165) is 33.6 Å². The number of rotatable bonds is 18. The highest BCUT2D eigenvalue weighted by Gasteiger charge is 2.35. The summed E-state index contributed by atoms with van der Waals surface area (Å²) in [6.07, 6.45) is 1.80. The molecule has 0 aromatic heterocycles. The number of aliphatic carboxylic acids is 1. The first kappa shape index (κ1) is 35.9. The molecule has 50 heavy (non-hydrogen) atoms. The second-order valence-corrected chi connectivity index (χ2v) is 12.3. The van der Waals surface area contributed by atoms with Crippen LogP contribution in [0.15, 0.2) is 140 Å². The largest absolute Gasteiger partial charge is 0.497 e. The zero-order chi connectivity index (χ0) is 35.2. The van der Waals surface area contributed by atoms with Crippen LogP contribution in [0.2, 0.25) is 0 Å². The average Bonchev–Trinajstić information content (AvgIpc) is 3.16. The van der Waals surface area contributed by atoms with Crippen molar-refractivity contribution in [2.75, 3.05) is 13.7 Å². The minimum Gasteiger partial charge on any atom is -0.497 e.